The van der Waals surface area contributed by atoms with E-state index in [2.05, 4.69) is 11.8 Å². The van der Waals surface area contributed by atoms with Gasteiger partial charge in [-0.3, -0.25) is 4.90 Å². The van der Waals surface area contributed by atoms with Crippen LogP contribution in [0.15, 0.2) is 0 Å². The molecule has 1 aliphatic heterocycles. The minimum atomic E-state index is 0.600. The van der Waals surface area contributed by atoms with Crippen LogP contribution >= 0.6 is 0 Å². The second-order valence-corrected chi connectivity index (χ2v) is 5.22. The van der Waals surface area contributed by atoms with Crippen molar-refractivity contribution in [3.63, 3.8) is 0 Å². The van der Waals surface area contributed by atoms with Crippen molar-refractivity contribution in [3.05, 3.63) is 0 Å². The summed E-state index contributed by atoms with van der Waals surface area (Å²) in [4.78, 5) is 2.64. The molecule has 16 heavy (non-hydrogen) atoms. The molecule has 0 amide bonds. The highest BCUT2D eigenvalue weighted by Gasteiger charge is 2.33. The van der Waals surface area contributed by atoms with Crippen LogP contribution in [0.25, 0.3) is 0 Å². The first-order valence-corrected chi connectivity index (χ1v) is 6.90. The van der Waals surface area contributed by atoms with Gasteiger partial charge in [-0.05, 0) is 25.2 Å². The Balaban J connectivity index is 1.99. The lowest BCUT2D eigenvalue weighted by atomic mass is 9.94. The van der Waals surface area contributed by atoms with E-state index in [1.165, 1.54) is 32.1 Å². The lowest BCUT2D eigenvalue weighted by Gasteiger charge is -2.42. The zero-order valence-corrected chi connectivity index (χ0v) is 10.5. The van der Waals surface area contributed by atoms with Crippen molar-refractivity contribution in [1.82, 2.24) is 4.90 Å². The number of hydrogen-bond donors (Lipinski definition) is 1. The molecule has 0 radical (unpaired) electrons. The minimum absolute atomic E-state index is 0.600. The molecule has 0 aromatic rings. The lowest BCUT2D eigenvalue weighted by Crippen LogP contribution is -2.55. The van der Waals surface area contributed by atoms with Gasteiger partial charge in [-0.1, -0.05) is 19.8 Å². The van der Waals surface area contributed by atoms with Gasteiger partial charge in [0, 0.05) is 25.2 Å². The Morgan fingerprint density at radius 2 is 2.12 bits per heavy atom. The largest absolute Gasteiger partial charge is 0.378 e. The highest BCUT2D eigenvalue weighted by molar-refractivity contribution is 4.88. The number of nitrogens with two attached hydrogens (primary N) is 1. The Morgan fingerprint density at radius 3 is 2.75 bits per heavy atom. The van der Waals surface area contributed by atoms with E-state index in [0.29, 0.717) is 12.1 Å². The van der Waals surface area contributed by atoms with Crippen molar-refractivity contribution in [1.29, 1.82) is 0 Å². The third kappa shape index (κ3) is 2.58. The molecule has 2 fully saturated rings. The van der Waals surface area contributed by atoms with Crippen LogP contribution in [0.4, 0.5) is 0 Å². The van der Waals surface area contributed by atoms with Crippen LogP contribution in [-0.2, 0) is 4.74 Å². The van der Waals surface area contributed by atoms with Gasteiger partial charge in [0.2, 0.25) is 0 Å². The fourth-order valence-electron chi connectivity index (χ4n) is 3.40. The maximum atomic E-state index is 6.02. The Kier molecular flexibility index (Phi) is 4.62. The van der Waals surface area contributed by atoms with Crippen LogP contribution in [0.2, 0.25) is 0 Å². The first kappa shape index (κ1) is 12.3. The molecule has 0 aromatic heterocycles. The van der Waals surface area contributed by atoms with Gasteiger partial charge >= 0.3 is 0 Å². The zero-order chi connectivity index (χ0) is 11.4. The van der Waals surface area contributed by atoms with E-state index >= 15 is 0 Å². The van der Waals surface area contributed by atoms with Crippen molar-refractivity contribution < 1.29 is 4.74 Å². The Bertz CT molecular complexity index is 202. The number of nitrogens with zero attached hydrogens (tertiary/aromatic N) is 1. The van der Waals surface area contributed by atoms with Crippen molar-refractivity contribution >= 4 is 0 Å². The summed E-state index contributed by atoms with van der Waals surface area (Å²) in [5, 5.41) is 0. The predicted molar refractivity (Wildman–Crippen MR) is 66.4 cm³/mol. The summed E-state index contributed by atoms with van der Waals surface area (Å²) in [5.74, 6) is 0.845. The van der Waals surface area contributed by atoms with E-state index in [1.807, 2.05) is 0 Å². The molecule has 2 N–H and O–H groups in total. The average molecular weight is 226 g/mol. The van der Waals surface area contributed by atoms with E-state index in [4.69, 9.17) is 10.5 Å². The molecule has 1 heterocycles. The normalized spacial score (nSPS) is 30.8. The summed E-state index contributed by atoms with van der Waals surface area (Å²) in [7, 11) is 0. The maximum Gasteiger partial charge on any atom is 0.0622 e. The van der Waals surface area contributed by atoms with Crippen LogP contribution in [0, 0.1) is 5.92 Å². The molecule has 2 atom stereocenters. The smallest absolute Gasteiger partial charge is 0.0622 e. The maximum absolute atomic E-state index is 6.02. The fraction of sp³-hybridized carbons (Fsp3) is 1.00. The molecular weight excluding hydrogens is 200 g/mol. The van der Waals surface area contributed by atoms with Gasteiger partial charge in [0.1, 0.15) is 0 Å². The molecule has 1 aliphatic carbocycles. The van der Waals surface area contributed by atoms with Crippen LogP contribution in [0.1, 0.15) is 39.0 Å². The van der Waals surface area contributed by atoms with Crippen LogP contribution < -0.4 is 5.73 Å². The third-order valence-corrected chi connectivity index (χ3v) is 4.36. The van der Waals surface area contributed by atoms with E-state index in [9.17, 15) is 0 Å². The standard InChI is InChI=1S/C13H26N2O/c1-2-12-10-16-8-7-15(12)13(9-14)11-5-3-4-6-11/h11-13H,2-10,14H2,1H3. The van der Waals surface area contributed by atoms with E-state index < -0.39 is 0 Å². The highest BCUT2D eigenvalue weighted by Crippen LogP contribution is 2.31. The van der Waals surface area contributed by atoms with Gasteiger partial charge in [0.15, 0.2) is 0 Å². The van der Waals surface area contributed by atoms with Gasteiger partial charge in [-0.25, -0.2) is 0 Å². The molecule has 0 spiro atoms. The van der Waals surface area contributed by atoms with Crippen molar-refractivity contribution in [2.75, 3.05) is 26.3 Å². The molecule has 2 rings (SSSR count). The van der Waals surface area contributed by atoms with Gasteiger partial charge < -0.3 is 10.5 Å². The first-order chi connectivity index (χ1) is 7.86. The lowest BCUT2D eigenvalue weighted by molar-refractivity contribution is -0.0398. The van der Waals surface area contributed by atoms with Crippen LogP contribution in [0.3, 0.4) is 0 Å². The van der Waals surface area contributed by atoms with Gasteiger partial charge in [0.05, 0.1) is 13.2 Å². The van der Waals surface area contributed by atoms with Crippen molar-refractivity contribution in [2.24, 2.45) is 11.7 Å². The van der Waals surface area contributed by atoms with E-state index in [1.54, 1.807) is 0 Å². The number of hydrogen-bond acceptors (Lipinski definition) is 3. The van der Waals surface area contributed by atoms with Crippen molar-refractivity contribution in [2.45, 2.75) is 51.1 Å². The Morgan fingerprint density at radius 1 is 1.38 bits per heavy atom. The second-order valence-electron chi connectivity index (χ2n) is 5.22. The number of morpholine rings is 1. The first-order valence-electron chi connectivity index (χ1n) is 6.90. The molecule has 94 valence electrons. The van der Waals surface area contributed by atoms with Gasteiger partial charge in [-0.2, -0.15) is 0 Å². The van der Waals surface area contributed by atoms with E-state index in [-0.39, 0.29) is 0 Å². The Labute approximate surface area is 99.3 Å². The SMILES string of the molecule is CCC1COCCN1C(CN)C1CCCC1. The summed E-state index contributed by atoms with van der Waals surface area (Å²) >= 11 is 0. The number of ether oxygens (including phenoxy) is 1. The quantitative estimate of drug-likeness (QED) is 0.791. The zero-order valence-electron chi connectivity index (χ0n) is 10.5. The summed E-state index contributed by atoms with van der Waals surface area (Å²) in [6, 6.07) is 1.21. The second kappa shape index (κ2) is 5.99. The molecule has 3 heteroatoms. The average Bonchev–Trinajstić information content (AvgIpc) is 2.84. The summed E-state index contributed by atoms with van der Waals surface area (Å²) in [6.45, 7) is 5.95. The molecule has 0 bridgehead atoms. The molecular formula is C13H26N2O. The predicted octanol–water partition coefficient (Wildman–Crippen LogP) is 1.61. The van der Waals surface area contributed by atoms with Crippen LogP contribution in [-0.4, -0.2) is 43.3 Å². The van der Waals surface area contributed by atoms with Gasteiger partial charge in [-0.15, -0.1) is 0 Å². The number of rotatable bonds is 4. The molecule has 1 saturated heterocycles. The molecule has 1 saturated carbocycles. The molecule has 0 aromatic carbocycles. The minimum Gasteiger partial charge on any atom is -0.378 e. The monoisotopic (exact) mass is 226 g/mol. The van der Waals surface area contributed by atoms with Crippen LogP contribution in [0.5, 0.6) is 0 Å². The highest BCUT2D eigenvalue weighted by atomic mass is 16.5. The molecule has 3 nitrogen and oxygen atoms in total. The topological polar surface area (TPSA) is 38.5 Å². The summed E-state index contributed by atoms with van der Waals surface area (Å²) < 4.78 is 5.58. The van der Waals surface area contributed by atoms with Gasteiger partial charge in [0.25, 0.3) is 0 Å². The Hall–Kier alpha value is -0.120. The fourth-order valence-corrected chi connectivity index (χ4v) is 3.40. The third-order valence-electron chi connectivity index (χ3n) is 4.36. The molecule has 2 aliphatic rings. The molecule has 2 unspecified atom stereocenters. The van der Waals surface area contributed by atoms with E-state index in [0.717, 1.165) is 32.2 Å². The van der Waals surface area contributed by atoms with Crippen molar-refractivity contribution in [3.8, 4) is 0 Å². The summed E-state index contributed by atoms with van der Waals surface area (Å²) in [5.41, 5.74) is 6.02. The summed E-state index contributed by atoms with van der Waals surface area (Å²) in [6.07, 6.45) is 6.76.